The molecule has 0 saturated heterocycles. The van der Waals surface area contributed by atoms with Gasteiger partial charge in [-0.1, -0.05) is 13.8 Å². The Kier molecular flexibility index (Phi) is 4.37. The number of hydrogen-bond donors (Lipinski definition) is 1. The molecule has 5 nitrogen and oxygen atoms in total. The van der Waals surface area contributed by atoms with Crippen LogP contribution in [-0.4, -0.2) is 26.1 Å². The lowest BCUT2D eigenvalue weighted by Crippen LogP contribution is -2.26. The summed E-state index contributed by atoms with van der Waals surface area (Å²) >= 11 is 0. The second-order valence-corrected chi connectivity index (χ2v) is 4.60. The van der Waals surface area contributed by atoms with Crippen molar-refractivity contribution >= 4 is 0 Å². The lowest BCUT2D eigenvalue weighted by molar-refractivity contribution is 0.514. The standard InChI is InChI=1S/C14H23N5/c1-5-11-10-13(18(4)17-11)14(15-6-2)12-8-9-16-19(12)7-3/h8-10,14-15H,5-7H2,1-4H3. The summed E-state index contributed by atoms with van der Waals surface area (Å²) < 4.78 is 4.01. The molecule has 0 bridgehead atoms. The van der Waals surface area contributed by atoms with Gasteiger partial charge in [-0.15, -0.1) is 0 Å². The molecule has 104 valence electrons. The van der Waals surface area contributed by atoms with Crippen LogP contribution in [0.15, 0.2) is 18.3 Å². The second-order valence-electron chi connectivity index (χ2n) is 4.60. The third kappa shape index (κ3) is 2.71. The highest BCUT2D eigenvalue weighted by Gasteiger charge is 2.20. The van der Waals surface area contributed by atoms with Crippen LogP contribution < -0.4 is 5.32 Å². The van der Waals surface area contributed by atoms with Crippen LogP contribution in [0.2, 0.25) is 0 Å². The molecule has 0 aliphatic heterocycles. The van der Waals surface area contributed by atoms with Gasteiger partial charge < -0.3 is 5.32 Å². The normalized spacial score (nSPS) is 12.8. The number of aryl methyl sites for hydroxylation is 3. The van der Waals surface area contributed by atoms with Crippen LogP contribution in [0.3, 0.4) is 0 Å². The molecule has 1 N–H and O–H groups in total. The Balaban J connectivity index is 2.42. The Bertz CT molecular complexity index is 526. The minimum absolute atomic E-state index is 0.144. The van der Waals surface area contributed by atoms with Crippen molar-refractivity contribution in [1.82, 2.24) is 24.9 Å². The largest absolute Gasteiger partial charge is 0.304 e. The number of aromatic nitrogens is 4. The molecule has 0 aliphatic rings. The van der Waals surface area contributed by atoms with Crippen LogP contribution in [0.5, 0.6) is 0 Å². The van der Waals surface area contributed by atoms with Gasteiger partial charge in [0.05, 0.1) is 23.1 Å². The maximum atomic E-state index is 4.54. The predicted molar refractivity (Wildman–Crippen MR) is 76.0 cm³/mol. The topological polar surface area (TPSA) is 47.7 Å². The molecule has 2 aromatic heterocycles. The molecule has 2 rings (SSSR count). The zero-order chi connectivity index (χ0) is 13.8. The third-order valence-corrected chi connectivity index (χ3v) is 3.38. The Labute approximate surface area is 114 Å². The van der Waals surface area contributed by atoms with Crippen LogP contribution in [0.1, 0.15) is 43.9 Å². The summed E-state index contributed by atoms with van der Waals surface area (Å²) in [4.78, 5) is 0. The van der Waals surface area contributed by atoms with E-state index in [1.54, 1.807) is 0 Å². The molecular weight excluding hydrogens is 238 g/mol. The zero-order valence-electron chi connectivity index (χ0n) is 12.2. The molecule has 19 heavy (non-hydrogen) atoms. The summed E-state index contributed by atoms with van der Waals surface area (Å²) in [6, 6.07) is 4.40. The molecule has 0 amide bonds. The molecule has 1 atom stereocenters. The van der Waals surface area contributed by atoms with Crippen molar-refractivity contribution in [2.75, 3.05) is 6.54 Å². The van der Waals surface area contributed by atoms with E-state index in [0.717, 1.165) is 25.2 Å². The lowest BCUT2D eigenvalue weighted by Gasteiger charge is -2.19. The molecule has 2 heterocycles. The summed E-state index contributed by atoms with van der Waals surface area (Å²) in [5.74, 6) is 0. The van der Waals surface area contributed by atoms with Gasteiger partial charge in [0.25, 0.3) is 0 Å². The average molecular weight is 261 g/mol. The first-order valence-corrected chi connectivity index (χ1v) is 6.99. The minimum atomic E-state index is 0.144. The molecule has 0 aromatic carbocycles. The van der Waals surface area contributed by atoms with Crippen molar-refractivity contribution in [3.05, 3.63) is 35.4 Å². The van der Waals surface area contributed by atoms with E-state index in [1.165, 1.54) is 11.4 Å². The van der Waals surface area contributed by atoms with E-state index in [2.05, 4.69) is 48.4 Å². The summed E-state index contributed by atoms with van der Waals surface area (Å²) in [6.07, 6.45) is 2.82. The molecule has 0 spiro atoms. The fourth-order valence-electron chi connectivity index (χ4n) is 2.40. The van der Waals surface area contributed by atoms with E-state index in [0.29, 0.717) is 0 Å². The van der Waals surface area contributed by atoms with Crippen molar-refractivity contribution in [2.24, 2.45) is 7.05 Å². The monoisotopic (exact) mass is 261 g/mol. The smallest absolute Gasteiger partial charge is 0.0918 e. The van der Waals surface area contributed by atoms with Crippen molar-refractivity contribution in [2.45, 2.75) is 39.8 Å². The summed E-state index contributed by atoms with van der Waals surface area (Å²) in [5, 5.41) is 12.4. The van der Waals surface area contributed by atoms with E-state index < -0.39 is 0 Å². The summed E-state index contributed by atoms with van der Waals surface area (Å²) in [6.45, 7) is 8.15. The van der Waals surface area contributed by atoms with Crippen molar-refractivity contribution in [3.63, 3.8) is 0 Å². The minimum Gasteiger partial charge on any atom is -0.304 e. The zero-order valence-corrected chi connectivity index (χ0v) is 12.2. The molecule has 0 aliphatic carbocycles. The highest BCUT2D eigenvalue weighted by atomic mass is 15.3. The maximum Gasteiger partial charge on any atom is 0.0918 e. The van der Waals surface area contributed by atoms with Gasteiger partial charge in [-0.2, -0.15) is 10.2 Å². The maximum absolute atomic E-state index is 4.54. The van der Waals surface area contributed by atoms with Gasteiger partial charge in [-0.3, -0.25) is 9.36 Å². The fraction of sp³-hybridized carbons (Fsp3) is 0.571. The van der Waals surface area contributed by atoms with Crippen LogP contribution in [0, 0.1) is 0 Å². The van der Waals surface area contributed by atoms with E-state index >= 15 is 0 Å². The summed E-state index contributed by atoms with van der Waals surface area (Å²) in [7, 11) is 2.01. The number of nitrogens with one attached hydrogen (secondary N) is 1. The third-order valence-electron chi connectivity index (χ3n) is 3.38. The molecule has 0 fully saturated rings. The molecule has 0 saturated carbocycles. The van der Waals surface area contributed by atoms with Gasteiger partial charge in [0, 0.05) is 19.8 Å². The van der Waals surface area contributed by atoms with Gasteiger partial charge >= 0.3 is 0 Å². The highest BCUT2D eigenvalue weighted by Crippen LogP contribution is 2.22. The van der Waals surface area contributed by atoms with Crippen LogP contribution in [0.25, 0.3) is 0 Å². The number of rotatable bonds is 6. The van der Waals surface area contributed by atoms with Crippen molar-refractivity contribution < 1.29 is 0 Å². The molecular formula is C14H23N5. The lowest BCUT2D eigenvalue weighted by atomic mass is 10.1. The van der Waals surface area contributed by atoms with Gasteiger partial charge in [0.1, 0.15) is 0 Å². The van der Waals surface area contributed by atoms with E-state index in [-0.39, 0.29) is 6.04 Å². The van der Waals surface area contributed by atoms with Crippen LogP contribution in [-0.2, 0) is 20.0 Å². The Morgan fingerprint density at radius 1 is 1.26 bits per heavy atom. The number of hydrogen-bond acceptors (Lipinski definition) is 3. The summed E-state index contributed by atoms with van der Waals surface area (Å²) in [5.41, 5.74) is 3.51. The number of nitrogens with zero attached hydrogens (tertiary/aromatic N) is 4. The SMILES string of the molecule is CCNC(c1cc(CC)nn1C)c1ccnn1CC. The first-order chi connectivity index (χ1) is 9.21. The van der Waals surface area contributed by atoms with Gasteiger partial charge in [0.15, 0.2) is 0 Å². The van der Waals surface area contributed by atoms with Gasteiger partial charge in [-0.05, 0) is 32.0 Å². The highest BCUT2D eigenvalue weighted by molar-refractivity contribution is 5.24. The second kappa shape index (κ2) is 6.02. The molecule has 5 heteroatoms. The van der Waals surface area contributed by atoms with Crippen molar-refractivity contribution in [3.8, 4) is 0 Å². The van der Waals surface area contributed by atoms with Crippen molar-refractivity contribution in [1.29, 1.82) is 0 Å². The molecule has 2 aromatic rings. The van der Waals surface area contributed by atoms with E-state index in [9.17, 15) is 0 Å². The van der Waals surface area contributed by atoms with E-state index in [4.69, 9.17) is 0 Å². The van der Waals surface area contributed by atoms with Gasteiger partial charge in [0.2, 0.25) is 0 Å². The molecule has 0 radical (unpaired) electrons. The van der Waals surface area contributed by atoms with Crippen LogP contribution in [0.4, 0.5) is 0 Å². The van der Waals surface area contributed by atoms with Crippen LogP contribution >= 0.6 is 0 Å². The fourth-order valence-corrected chi connectivity index (χ4v) is 2.40. The Morgan fingerprint density at radius 3 is 2.63 bits per heavy atom. The van der Waals surface area contributed by atoms with E-state index in [1.807, 2.05) is 22.6 Å². The average Bonchev–Trinajstić information content (AvgIpc) is 3.02. The molecule has 1 unspecified atom stereocenters. The Morgan fingerprint density at radius 2 is 2.05 bits per heavy atom. The van der Waals surface area contributed by atoms with Gasteiger partial charge in [-0.25, -0.2) is 0 Å². The Hall–Kier alpha value is -1.62. The quantitative estimate of drug-likeness (QED) is 0.864. The first-order valence-electron chi connectivity index (χ1n) is 6.99. The predicted octanol–water partition coefficient (Wildman–Crippen LogP) is 1.90. The first kappa shape index (κ1) is 13.8.